The maximum Gasteiger partial charge on any atom is 0.460 e. The maximum atomic E-state index is 14.1. The highest BCUT2D eigenvalue weighted by Crippen LogP contribution is 2.62. The van der Waals surface area contributed by atoms with Gasteiger partial charge in [-0.2, -0.15) is 114 Å². The molecule has 0 aliphatic rings. The largest absolute Gasteiger partial charge is 0.490 e. The Hall–Kier alpha value is -3.61. The molecule has 1 amide bonds. The average molecular weight is 975 g/mol. The van der Waals surface area contributed by atoms with Crippen LogP contribution in [0.4, 0.5) is 114 Å². The van der Waals surface area contributed by atoms with Crippen LogP contribution in [0.25, 0.3) is 0 Å². The van der Waals surface area contributed by atoms with E-state index < -0.39 is 166 Å². The van der Waals surface area contributed by atoms with Crippen molar-refractivity contribution in [1.29, 1.82) is 0 Å². The van der Waals surface area contributed by atoms with Crippen LogP contribution < -0.4 is 14.8 Å². The lowest BCUT2D eigenvalue weighted by Gasteiger charge is -2.39. The van der Waals surface area contributed by atoms with E-state index in [0.29, 0.717) is 12.1 Å². The number of benzene rings is 1. The summed E-state index contributed by atoms with van der Waals surface area (Å²) in [5.74, 6) is -79.1. The summed E-state index contributed by atoms with van der Waals surface area (Å²) < 4.78 is 357. The van der Waals surface area contributed by atoms with Crippen molar-refractivity contribution in [3.8, 4) is 11.5 Å². The highest BCUT2D eigenvalue weighted by Gasteiger charge is 2.92. The summed E-state index contributed by atoms with van der Waals surface area (Å²) >= 11 is 0. The van der Waals surface area contributed by atoms with Crippen LogP contribution in [-0.2, 0) is 0 Å². The molecule has 0 spiro atoms. The van der Waals surface area contributed by atoms with Gasteiger partial charge < -0.3 is 25.0 Å². The first-order valence-electron chi connectivity index (χ1n) is 16.3. The Morgan fingerprint density at radius 2 is 0.839 bits per heavy atom. The van der Waals surface area contributed by atoms with Crippen LogP contribution in [0.15, 0.2) is 18.2 Å². The van der Waals surface area contributed by atoms with Crippen molar-refractivity contribution >= 4 is 5.91 Å². The molecule has 0 saturated heterocycles. The Labute approximate surface area is 328 Å². The van der Waals surface area contributed by atoms with Gasteiger partial charge in [0.05, 0.1) is 25.9 Å². The molecule has 3 N–H and O–H groups in total. The fourth-order valence-electron chi connectivity index (χ4n) is 4.44. The van der Waals surface area contributed by atoms with E-state index in [0.717, 1.165) is 6.07 Å². The normalized spacial score (nSPS) is 15.4. The van der Waals surface area contributed by atoms with Crippen molar-refractivity contribution in [2.75, 3.05) is 26.4 Å². The molecule has 1 rings (SSSR count). The molecule has 0 saturated carbocycles. The number of carbonyl (C=O) groups is 1. The van der Waals surface area contributed by atoms with Crippen molar-refractivity contribution in [2.45, 2.75) is 116 Å². The number of nitrogens with one attached hydrogen (secondary N) is 1. The summed E-state index contributed by atoms with van der Waals surface area (Å²) in [5, 5.41) is 20.2. The van der Waals surface area contributed by atoms with Gasteiger partial charge in [-0.05, 0) is 43.9 Å². The number of carbonyl (C=O) groups excluding carboxylic acids is 1. The molecule has 0 aliphatic heterocycles. The number of aliphatic hydroxyl groups excluding tert-OH is 2. The molecule has 0 aliphatic carbocycles. The van der Waals surface area contributed by atoms with Gasteiger partial charge in [0.25, 0.3) is 5.91 Å². The zero-order chi connectivity index (χ0) is 49.2. The first-order chi connectivity index (χ1) is 27.4. The number of halogens is 26. The lowest BCUT2D eigenvalue weighted by molar-refractivity contribution is -0.440. The van der Waals surface area contributed by atoms with Gasteiger partial charge in [-0.25, -0.2) is 0 Å². The first-order valence-corrected chi connectivity index (χ1v) is 16.3. The van der Waals surface area contributed by atoms with E-state index in [2.05, 4.69) is 0 Å². The SMILES string of the molecule is O=C(NCC(O)CO)c1ccc(OCCCCC(F)(F)C(F)(F)C(F)(F)C(F)(F)C(F)(F)C(F)(F)F)c(OCCCCC(F)(F)C(F)(F)C(F)(F)C(F)(F)C(F)(F)C(F)(F)F)c1. The Bertz CT molecular complexity index is 1640. The van der Waals surface area contributed by atoms with Crippen LogP contribution in [0.1, 0.15) is 48.9 Å². The van der Waals surface area contributed by atoms with Gasteiger partial charge in [0, 0.05) is 24.9 Å². The van der Waals surface area contributed by atoms with Gasteiger partial charge in [0.1, 0.15) is 0 Å². The van der Waals surface area contributed by atoms with Crippen molar-refractivity contribution in [3.05, 3.63) is 23.8 Å². The summed E-state index contributed by atoms with van der Waals surface area (Å²) in [7, 11) is 0. The molecule has 1 aromatic rings. The standard InChI is InChI=1S/C30H27F26NO5/c31-19(32,21(35,36)23(39,40)25(43,44)27(47,48)29(51,52)53)7-1-3-9-61-16-6-5-14(18(60)57-12-15(59)13-58)11-17(16)62-10-4-2-8-20(33,34)22(37,38)24(41,42)26(45,46)28(49,50)30(54,55)56/h5-6,11,15,58-59H,1-4,7-10,12-13H2,(H,57,60). The zero-order valence-electron chi connectivity index (χ0n) is 29.8. The molecule has 62 heavy (non-hydrogen) atoms. The summed E-state index contributed by atoms with van der Waals surface area (Å²) in [4.78, 5) is 12.4. The summed E-state index contributed by atoms with van der Waals surface area (Å²) in [6.45, 7) is -3.74. The molecule has 32 heteroatoms. The fourth-order valence-corrected chi connectivity index (χ4v) is 4.44. The minimum Gasteiger partial charge on any atom is -0.490 e. The molecule has 0 bridgehead atoms. The second-order valence-corrected chi connectivity index (χ2v) is 12.8. The minimum atomic E-state index is -8.16. The zero-order valence-corrected chi connectivity index (χ0v) is 29.8. The van der Waals surface area contributed by atoms with Gasteiger partial charge in [-0.1, -0.05) is 0 Å². The van der Waals surface area contributed by atoms with Crippen molar-refractivity contribution in [2.24, 2.45) is 0 Å². The maximum absolute atomic E-state index is 14.1. The summed E-state index contributed by atoms with van der Waals surface area (Å²) in [6.07, 6.45) is -27.3. The Kier molecular flexibility index (Phi) is 16.8. The van der Waals surface area contributed by atoms with E-state index in [-0.39, 0.29) is 0 Å². The van der Waals surface area contributed by atoms with Crippen LogP contribution in [0.3, 0.4) is 0 Å². The van der Waals surface area contributed by atoms with E-state index in [9.17, 15) is 124 Å². The molecule has 0 fully saturated rings. The molecule has 1 atom stereocenters. The molecule has 6 nitrogen and oxygen atoms in total. The van der Waals surface area contributed by atoms with Crippen molar-refractivity contribution < 1.29 is 139 Å². The van der Waals surface area contributed by atoms with Gasteiger partial charge in [-0.3, -0.25) is 4.79 Å². The monoisotopic (exact) mass is 975 g/mol. The predicted octanol–water partition coefficient (Wildman–Crippen LogP) is 10.3. The number of aliphatic hydroxyl groups is 2. The van der Waals surface area contributed by atoms with Crippen molar-refractivity contribution in [1.82, 2.24) is 5.32 Å². The van der Waals surface area contributed by atoms with E-state index >= 15 is 0 Å². The number of amides is 1. The second-order valence-electron chi connectivity index (χ2n) is 12.8. The van der Waals surface area contributed by atoms with Gasteiger partial charge in [-0.15, -0.1) is 0 Å². The molecule has 1 aromatic carbocycles. The average Bonchev–Trinajstić information content (AvgIpc) is 3.11. The smallest absolute Gasteiger partial charge is 0.460 e. The molecule has 0 aromatic heterocycles. The van der Waals surface area contributed by atoms with Crippen LogP contribution in [0, 0.1) is 0 Å². The fraction of sp³-hybridized carbons (Fsp3) is 0.767. The number of hydrogen-bond acceptors (Lipinski definition) is 5. The first kappa shape index (κ1) is 56.4. The Balaban J connectivity index is 3.19. The highest BCUT2D eigenvalue weighted by atomic mass is 19.4. The summed E-state index contributed by atoms with van der Waals surface area (Å²) in [5.41, 5.74) is -0.529. The van der Waals surface area contributed by atoms with Gasteiger partial charge in [0.2, 0.25) is 0 Å². The van der Waals surface area contributed by atoms with Crippen LogP contribution in [0.5, 0.6) is 11.5 Å². The van der Waals surface area contributed by atoms with E-state index in [4.69, 9.17) is 14.6 Å². The third-order valence-corrected chi connectivity index (χ3v) is 8.20. The van der Waals surface area contributed by atoms with Crippen LogP contribution in [0.2, 0.25) is 0 Å². The third-order valence-electron chi connectivity index (χ3n) is 8.20. The highest BCUT2D eigenvalue weighted by molar-refractivity contribution is 5.94. The molecule has 0 heterocycles. The molecular formula is C30H27F26NO5. The lowest BCUT2D eigenvalue weighted by Crippen LogP contribution is -2.70. The quantitative estimate of drug-likeness (QED) is 0.0710. The molecule has 0 radical (unpaired) electrons. The van der Waals surface area contributed by atoms with Gasteiger partial charge >= 0.3 is 71.6 Å². The molecule has 364 valence electrons. The Morgan fingerprint density at radius 3 is 1.18 bits per heavy atom. The lowest BCUT2D eigenvalue weighted by atomic mass is 9.92. The minimum absolute atomic E-state index is 0.529. The number of rotatable bonds is 24. The predicted molar refractivity (Wildman–Crippen MR) is 152 cm³/mol. The van der Waals surface area contributed by atoms with E-state index in [1.54, 1.807) is 0 Å². The van der Waals surface area contributed by atoms with Gasteiger partial charge in [0.15, 0.2) is 11.5 Å². The third kappa shape index (κ3) is 10.5. The van der Waals surface area contributed by atoms with E-state index in [1.165, 1.54) is 0 Å². The number of unbranched alkanes of at least 4 members (excludes halogenated alkanes) is 2. The molecule has 1 unspecified atom stereocenters. The topological polar surface area (TPSA) is 88.0 Å². The molecular weight excluding hydrogens is 948 g/mol. The van der Waals surface area contributed by atoms with Crippen LogP contribution in [-0.4, -0.2) is 120 Å². The Morgan fingerprint density at radius 1 is 0.500 bits per heavy atom. The summed E-state index contributed by atoms with van der Waals surface area (Å²) in [6, 6.07) is 2.11. The van der Waals surface area contributed by atoms with Crippen LogP contribution >= 0.6 is 0 Å². The van der Waals surface area contributed by atoms with Crippen molar-refractivity contribution in [3.63, 3.8) is 0 Å². The number of ether oxygens (including phenoxy) is 2. The number of alkyl halides is 26. The number of hydrogen-bond donors (Lipinski definition) is 3. The van der Waals surface area contributed by atoms with E-state index in [1.807, 2.05) is 5.32 Å². The second kappa shape index (κ2) is 18.5.